The molecule has 0 saturated carbocycles. The van der Waals surface area contributed by atoms with Crippen LogP contribution in [0.1, 0.15) is 20.8 Å². The molecule has 136 valence electrons. The Morgan fingerprint density at radius 2 is 2.29 bits per heavy atom. The molecule has 0 radical (unpaired) electrons. The highest BCUT2D eigenvalue weighted by molar-refractivity contribution is 5.91. The first-order chi connectivity index (χ1) is 11.3. The van der Waals surface area contributed by atoms with Gasteiger partial charge in [-0.3, -0.25) is 5.73 Å². The van der Waals surface area contributed by atoms with Crippen LogP contribution < -0.4 is 11.5 Å². The minimum atomic E-state index is -1.79. The van der Waals surface area contributed by atoms with E-state index in [-0.39, 0.29) is 37.3 Å². The van der Waals surface area contributed by atoms with Crippen molar-refractivity contribution < 1.29 is 19.6 Å². The molecule has 0 aliphatic heterocycles. The van der Waals surface area contributed by atoms with Crippen LogP contribution in [0.25, 0.3) is 0 Å². The van der Waals surface area contributed by atoms with Gasteiger partial charge in [-0.05, 0) is 11.8 Å². The lowest BCUT2D eigenvalue weighted by molar-refractivity contribution is -0.397. The second-order valence-corrected chi connectivity index (χ2v) is 5.35. The highest BCUT2D eigenvalue weighted by Crippen LogP contribution is 2.19. The van der Waals surface area contributed by atoms with Gasteiger partial charge < -0.3 is 30.5 Å². The van der Waals surface area contributed by atoms with E-state index in [4.69, 9.17) is 20.9 Å². The zero-order chi connectivity index (χ0) is 18.3. The number of nitrogens with zero attached hydrogens (tertiary/aromatic N) is 4. The second-order valence-electron chi connectivity index (χ2n) is 5.35. The summed E-state index contributed by atoms with van der Waals surface area (Å²) in [6.07, 6.45) is 2.01. The molecule has 2 unspecified atom stereocenters. The van der Waals surface area contributed by atoms with E-state index in [2.05, 4.69) is 10.1 Å². The molecule has 11 heteroatoms. The van der Waals surface area contributed by atoms with E-state index < -0.39 is 16.9 Å². The van der Waals surface area contributed by atoms with Gasteiger partial charge >= 0.3 is 5.95 Å². The number of nitrogens with two attached hydrogens (primary N) is 2. The van der Waals surface area contributed by atoms with E-state index in [9.17, 15) is 15.3 Å². The summed E-state index contributed by atoms with van der Waals surface area (Å²) >= 11 is 0. The monoisotopic (exact) mass is 344 g/mol. The molecule has 0 aliphatic rings. The predicted octanol–water partition coefficient (Wildman–Crippen LogP) is 0.270. The third kappa shape index (κ3) is 4.71. The number of aromatic nitrogens is 2. The molecule has 0 fully saturated rings. The normalized spacial score (nSPS) is 16.2. The Morgan fingerprint density at radius 3 is 2.75 bits per heavy atom. The van der Waals surface area contributed by atoms with E-state index in [0.717, 1.165) is 0 Å². The van der Waals surface area contributed by atoms with Crippen LogP contribution in [-0.4, -0.2) is 50.6 Å². The SMILES string of the molecule is CCOC(N)(OC(CN)Cn1ccnc1[N+](=O)[O-])C(=NO)C(C)C. The maximum Gasteiger partial charge on any atom is 0.434 e. The maximum atomic E-state index is 10.9. The fourth-order valence-corrected chi connectivity index (χ4v) is 2.21. The van der Waals surface area contributed by atoms with Crippen molar-refractivity contribution in [3.8, 4) is 0 Å². The summed E-state index contributed by atoms with van der Waals surface area (Å²) in [6, 6.07) is 0. The van der Waals surface area contributed by atoms with Gasteiger partial charge in [0.2, 0.25) is 0 Å². The van der Waals surface area contributed by atoms with Crippen molar-refractivity contribution in [2.24, 2.45) is 22.5 Å². The second kappa shape index (κ2) is 8.68. The van der Waals surface area contributed by atoms with Gasteiger partial charge in [-0.25, -0.2) is 4.57 Å². The number of rotatable bonds is 10. The number of imidazole rings is 1. The maximum absolute atomic E-state index is 10.9. The topological polar surface area (TPSA) is 164 Å². The molecule has 1 aromatic rings. The minimum absolute atomic E-state index is 0.0121. The number of oxime groups is 1. The Kier molecular flexibility index (Phi) is 7.22. The summed E-state index contributed by atoms with van der Waals surface area (Å²) in [7, 11) is 0. The number of nitro groups is 1. The lowest BCUT2D eigenvalue weighted by atomic mass is 10.1. The van der Waals surface area contributed by atoms with Crippen LogP contribution in [0.5, 0.6) is 0 Å². The Morgan fingerprint density at radius 1 is 1.62 bits per heavy atom. The van der Waals surface area contributed by atoms with Gasteiger partial charge in [-0.15, -0.1) is 0 Å². The number of hydrogen-bond acceptors (Lipinski definition) is 9. The van der Waals surface area contributed by atoms with Crippen molar-refractivity contribution in [3.63, 3.8) is 0 Å². The van der Waals surface area contributed by atoms with Crippen LogP contribution in [0, 0.1) is 16.0 Å². The molecule has 0 spiro atoms. The van der Waals surface area contributed by atoms with E-state index in [1.54, 1.807) is 20.8 Å². The van der Waals surface area contributed by atoms with Crippen molar-refractivity contribution in [1.29, 1.82) is 0 Å². The molecule has 11 nitrogen and oxygen atoms in total. The van der Waals surface area contributed by atoms with E-state index in [0.29, 0.717) is 0 Å². The Bertz CT molecular complexity index is 575. The van der Waals surface area contributed by atoms with E-state index in [1.165, 1.54) is 17.0 Å². The Labute approximate surface area is 139 Å². The standard InChI is InChI=1S/C13H24N6O5/c1-4-23-13(15,11(17-20)9(2)3)24-10(7-14)8-18-6-5-16-12(18)19(21)22/h5-6,9-10,20H,4,7-8,14-15H2,1-3H3. The van der Waals surface area contributed by atoms with Crippen molar-refractivity contribution in [2.45, 2.75) is 39.3 Å². The highest BCUT2D eigenvalue weighted by atomic mass is 16.7. The molecular weight excluding hydrogens is 320 g/mol. The smallest absolute Gasteiger partial charge is 0.411 e. The molecule has 5 N–H and O–H groups in total. The molecule has 1 rings (SSSR count). The fraction of sp³-hybridized carbons (Fsp3) is 0.692. The van der Waals surface area contributed by atoms with Crippen molar-refractivity contribution in [3.05, 3.63) is 22.5 Å². The first-order valence-electron chi connectivity index (χ1n) is 7.47. The number of hydrogen-bond donors (Lipinski definition) is 3. The predicted molar refractivity (Wildman–Crippen MR) is 85.4 cm³/mol. The van der Waals surface area contributed by atoms with Crippen molar-refractivity contribution in [2.75, 3.05) is 13.2 Å². The molecule has 24 heavy (non-hydrogen) atoms. The number of ether oxygens (including phenoxy) is 2. The Balaban J connectivity index is 3.01. The van der Waals surface area contributed by atoms with Crippen LogP contribution >= 0.6 is 0 Å². The van der Waals surface area contributed by atoms with Gasteiger partial charge in [0.15, 0.2) is 0 Å². The van der Waals surface area contributed by atoms with Gasteiger partial charge in [0, 0.05) is 19.1 Å². The highest BCUT2D eigenvalue weighted by Gasteiger charge is 2.39. The first-order valence-corrected chi connectivity index (χ1v) is 7.47. The molecule has 0 amide bonds. The third-order valence-electron chi connectivity index (χ3n) is 3.23. The lowest BCUT2D eigenvalue weighted by Gasteiger charge is -2.34. The summed E-state index contributed by atoms with van der Waals surface area (Å²) in [5.74, 6) is -2.39. The third-order valence-corrected chi connectivity index (χ3v) is 3.23. The van der Waals surface area contributed by atoms with Gasteiger partial charge in [-0.1, -0.05) is 24.0 Å². The van der Waals surface area contributed by atoms with Gasteiger partial charge in [-0.2, -0.15) is 0 Å². The van der Waals surface area contributed by atoms with Crippen molar-refractivity contribution >= 4 is 11.7 Å². The summed E-state index contributed by atoms with van der Waals surface area (Å²) in [4.78, 5) is 14.0. The summed E-state index contributed by atoms with van der Waals surface area (Å²) in [5.41, 5.74) is 11.9. The lowest BCUT2D eigenvalue weighted by Crippen LogP contribution is -2.57. The quantitative estimate of drug-likeness (QED) is 0.179. The van der Waals surface area contributed by atoms with Crippen LogP contribution in [-0.2, 0) is 16.0 Å². The molecule has 2 atom stereocenters. The molecular formula is C13H24N6O5. The Hall–Kier alpha value is -2.08. The van der Waals surface area contributed by atoms with Crippen LogP contribution in [0.4, 0.5) is 5.95 Å². The average molecular weight is 344 g/mol. The zero-order valence-electron chi connectivity index (χ0n) is 14.0. The summed E-state index contributed by atoms with van der Waals surface area (Å²) in [5, 5.41) is 23.3. The molecule has 1 heterocycles. The molecule has 0 bridgehead atoms. The van der Waals surface area contributed by atoms with Gasteiger partial charge in [0.25, 0.3) is 5.91 Å². The van der Waals surface area contributed by atoms with Crippen LogP contribution in [0.2, 0.25) is 0 Å². The molecule has 0 saturated heterocycles. The van der Waals surface area contributed by atoms with Crippen molar-refractivity contribution in [1.82, 2.24) is 9.55 Å². The minimum Gasteiger partial charge on any atom is -0.411 e. The largest absolute Gasteiger partial charge is 0.434 e. The molecule has 1 aromatic heterocycles. The fourth-order valence-electron chi connectivity index (χ4n) is 2.21. The van der Waals surface area contributed by atoms with E-state index >= 15 is 0 Å². The van der Waals surface area contributed by atoms with Gasteiger partial charge in [0.05, 0.1) is 6.54 Å². The summed E-state index contributed by atoms with van der Waals surface area (Å²) in [6.45, 7) is 5.48. The first kappa shape index (κ1) is 20.0. The zero-order valence-corrected chi connectivity index (χ0v) is 14.0. The van der Waals surface area contributed by atoms with Crippen LogP contribution in [0.15, 0.2) is 17.5 Å². The average Bonchev–Trinajstić information content (AvgIpc) is 2.95. The summed E-state index contributed by atoms with van der Waals surface area (Å²) < 4.78 is 12.4. The molecule has 0 aliphatic carbocycles. The van der Waals surface area contributed by atoms with Gasteiger partial charge in [0.1, 0.15) is 24.2 Å². The molecule has 0 aromatic carbocycles. The van der Waals surface area contributed by atoms with E-state index in [1.807, 2.05) is 0 Å². The van der Waals surface area contributed by atoms with Crippen LogP contribution in [0.3, 0.4) is 0 Å².